The molecule has 0 saturated carbocycles. The molecular formula is C12H17BrN2. The zero-order chi connectivity index (χ0) is 10.8. The molecule has 3 heteroatoms. The minimum atomic E-state index is 0.591. The minimum Gasteiger partial charge on any atom is -0.381 e. The molecule has 0 radical (unpaired) electrons. The normalized spacial score (nSPS) is 19.9. The highest BCUT2D eigenvalue weighted by Gasteiger charge is 2.17. The summed E-state index contributed by atoms with van der Waals surface area (Å²) in [4.78, 5) is 2.24. The molecule has 0 fully saturated rings. The number of fused-ring (bicyclic) bond motifs is 1. The molecule has 0 bridgehead atoms. The van der Waals surface area contributed by atoms with E-state index in [0.717, 1.165) is 6.54 Å². The fourth-order valence-electron chi connectivity index (χ4n) is 2.11. The van der Waals surface area contributed by atoms with Gasteiger partial charge in [0, 0.05) is 22.7 Å². The number of anilines is 1. The second-order valence-electron chi connectivity index (χ2n) is 4.44. The van der Waals surface area contributed by atoms with E-state index in [-0.39, 0.29) is 0 Å². The summed E-state index contributed by atoms with van der Waals surface area (Å²) in [7, 11) is 4.25. The first kappa shape index (κ1) is 11.0. The average molecular weight is 269 g/mol. The number of aryl methyl sites for hydroxylation is 1. The summed E-state index contributed by atoms with van der Waals surface area (Å²) in [5.41, 5.74) is 2.73. The summed E-state index contributed by atoms with van der Waals surface area (Å²) in [6.07, 6.45) is 2.40. The number of likely N-dealkylation sites (N-methyl/N-ethyl adjacent to an activating group) is 1. The number of hydrogen-bond donors (Lipinski definition) is 1. The molecule has 0 spiro atoms. The maximum atomic E-state index is 3.59. The lowest BCUT2D eigenvalue weighted by Crippen LogP contribution is -2.35. The van der Waals surface area contributed by atoms with Crippen molar-refractivity contribution < 1.29 is 0 Å². The van der Waals surface area contributed by atoms with Crippen molar-refractivity contribution in [2.45, 2.75) is 18.9 Å². The Bertz CT molecular complexity index is 349. The van der Waals surface area contributed by atoms with E-state index >= 15 is 0 Å². The summed E-state index contributed by atoms with van der Waals surface area (Å²) in [6, 6.07) is 7.08. The average Bonchev–Trinajstić information content (AvgIpc) is 2.17. The van der Waals surface area contributed by atoms with Gasteiger partial charge in [-0.25, -0.2) is 0 Å². The van der Waals surface area contributed by atoms with Crippen LogP contribution in [0.2, 0.25) is 0 Å². The third-order valence-corrected chi connectivity index (χ3v) is 3.27. The van der Waals surface area contributed by atoms with Crippen LogP contribution in [0.5, 0.6) is 0 Å². The molecular weight excluding hydrogens is 252 g/mol. The quantitative estimate of drug-likeness (QED) is 0.888. The second-order valence-corrected chi connectivity index (χ2v) is 5.36. The lowest BCUT2D eigenvalue weighted by Gasteiger charge is -2.29. The van der Waals surface area contributed by atoms with Crippen molar-refractivity contribution in [2.75, 3.05) is 26.0 Å². The second kappa shape index (κ2) is 4.54. The van der Waals surface area contributed by atoms with E-state index in [1.165, 1.54) is 28.6 Å². The third kappa shape index (κ3) is 2.73. The van der Waals surface area contributed by atoms with Crippen LogP contribution in [0.3, 0.4) is 0 Å². The summed E-state index contributed by atoms with van der Waals surface area (Å²) in [6.45, 7) is 1.11. The van der Waals surface area contributed by atoms with Crippen molar-refractivity contribution in [2.24, 2.45) is 0 Å². The first-order valence-corrected chi connectivity index (χ1v) is 6.14. The molecule has 0 amide bonds. The van der Waals surface area contributed by atoms with Gasteiger partial charge in [0.2, 0.25) is 0 Å². The van der Waals surface area contributed by atoms with Crippen molar-refractivity contribution in [1.82, 2.24) is 4.90 Å². The van der Waals surface area contributed by atoms with Crippen molar-refractivity contribution in [3.05, 3.63) is 28.2 Å². The van der Waals surface area contributed by atoms with Crippen LogP contribution in [-0.2, 0) is 6.42 Å². The molecule has 15 heavy (non-hydrogen) atoms. The van der Waals surface area contributed by atoms with Gasteiger partial charge in [-0.2, -0.15) is 0 Å². The van der Waals surface area contributed by atoms with Gasteiger partial charge in [0.15, 0.2) is 0 Å². The van der Waals surface area contributed by atoms with Crippen LogP contribution in [0.25, 0.3) is 0 Å². The maximum absolute atomic E-state index is 3.59. The molecule has 1 unspecified atom stereocenters. The van der Waals surface area contributed by atoms with Crippen molar-refractivity contribution >= 4 is 21.6 Å². The van der Waals surface area contributed by atoms with Gasteiger partial charge in [0.1, 0.15) is 0 Å². The standard InChI is InChI=1S/C12H17BrN2/c1-15(2)8-11-5-3-9-7-10(13)4-6-12(9)14-11/h4,6-7,11,14H,3,5,8H2,1-2H3. The van der Waals surface area contributed by atoms with Crippen molar-refractivity contribution in [1.29, 1.82) is 0 Å². The first-order chi connectivity index (χ1) is 7.15. The predicted octanol–water partition coefficient (Wildman–Crippen LogP) is 2.74. The number of halogens is 1. The Morgan fingerprint density at radius 1 is 1.47 bits per heavy atom. The van der Waals surface area contributed by atoms with E-state index < -0.39 is 0 Å². The van der Waals surface area contributed by atoms with Gasteiger partial charge >= 0.3 is 0 Å². The Balaban J connectivity index is 2.10. The number of nitrogens with zero attached hydrogens (tertiary/aromatic N) is 1. The van der Waals surface area contributed by atoms with E-state index in [1.807, 2.05) is 0 Å². The molecule has 1 aliphatic rings. The number of rotatable bonds is 2. The molecule has 2 rings (SSSR count). The fourth-order valence-corrected chi connectivity index (χ4v) is 2.52. The Hall–Kier alpha value is -0.540. The van der Waals surface area contributed by atoms with Crippen LogP contribution in [-0.4, -0.2) is 31.6 Å². The van der Waals surface area contributed by atoms with E-state index in [2.05, 4.69) is 58.4 Å². The number of nitrogens with one attached hydrogen (secondary N) is 1. The Morgan fingerprint density at radius 2 is 2.27 bits per heavy atom. The van der Waals surface area contributed by atoms with Crippen LogP contribution in [0.1, 0.15) is 12.0 Å². The smallest absolute Gasteiger partial charge is 0.0391 e. The molecule has 2 nitrogen and oxygen atoms in total. The van der Waals surface area contributed by atoms with Crippen LogP contribution in [0.15, 0.2) is 22.7 Å². The summed E-state index contributed by atoms with van der Waals surface area (Å²) in [5, 5.41) is 3.59. The first-order valence-electron chi connectivity index (χ1n) is 5.35. The van der Waals surface area contributed by atoms with Crippen LogP contribution in [0, 0.1) is 0 Å². The molecule has 1 aliphatic heterocycles. The summed E-state index contributed by atoms with van der Waals surface area (Å²) >= 11 is 3.51. The lowest BCUT2D eigenvalue weighted by atomic mass is 9.98. The van der Waals surface area contributed by atoms with E-state index in [9.17, 15) is 0 Å². The van der Waals surface area contributed by atoms with E-state index in [1.54, 1.807) is 0 Å². The maximum Gasteiger partial charge on any atom is 0.0391 e. The molecule has 0 aromatic heterocycles. The molecule has 82 valence electrons. The SMILES string of the molecule is CN(C)CC1CCc2cc(Br)ccc2N1. The third-order valence-electron chi connectivity index (χ3n) is 2.77. The number of benzene rings is 1. The monoisotopic (exact) mass is 268 g/mol. The highest BCUT2D eigenvalue weighted by molar-refractivity contribution is 9.10. The highest BCUT2D eigenvalue weighted by Crippen LogP contribution is 2.27. The molecule has 1 aromatic rings. The minimum absolute atomic E-state index is 0.591. The molecule has 1 atom stereocenters. The van der Waals surface area contributed by atoms with Gasteiger partial charge in [-0.3, -0.25) is 0 Å². The largest absolute Gasteiger partial charge is 0.381 e. The summed E-state index contributed by atoms with van der Waals surface area (Å²) < 4.78 is 1.18. The van der Waals surface area contributed by atoms with Crippen LogP contribution >= 0.6 is 15.9 Å². The zero-order valence-corrected chi connectivity index (χ0v) is 10.8. The van der Waals surface area contributed by atoms with Gasteiger partial charge in [0.25, 0.3) is 0 Å². The fraction of sp³-hybridized carbons (Fsp3) is 0.500. The summed E-state index contributed by atoms with van der Waals surface area (Å²) in [5.74, 6) is 0. The van der Waals surface area contributed by atoms with E-state index in [4.69, 9.17) is 0 Å². The Labute approximate surface area is 99.8 Å². The molecule has 0 aliphatic carbocycles. The predicted molar refractivity (Wildman–Crippen MR) is 68.4 cm³/mol. The Kier molecular flexibility index (Phi) is 3.32. The van der Waals surface area contributed by atoms with Gasteiger partial charge in [-0.1, -0.05) is 15.9 Å². The van der Waals surface area contributed by atoms with E-state index in [0.29, 0.717) is 6.04 Å². The van der Waals surface area contributed by atoms with Crippen LogP contribution in [0.4, 0.5) is 5.69 Å². The zero-order valence-electron chi connectivity index (χ0n) is 9.26. The highest BCUT2D eigenvalue weighted by atomic mass is 79.9. The van der Waals surface area contributed by atoms with Crippen molar-refractivity contribution in [3.8, 4) is 0 Å². The van der Waals surface area contributed by atoms with Gasteiger partial charge in [0.05, 0.1) is 0 Å². The van der Waals surface area contributed by atoms with Crippen molar-refractivity contribution in [3.63, 3.8) is 0 Å². The lowest BCUT2D eigenvalue weighted by molar-refractivity contribution is 0.371. The Morgan fingerprint density at radius 3 is 3.00 bits per heavy atom. The molecule has 1 N–H and O–H groups in total. The molecule has 1 heterocycles. The van der Waals surface area contributed by atoms with Gasteiger partial charge < -0.3 is 10.2 Å². The molecule has 0 saturated heterocycles. The number of hydrogen-bond acceptors (Lipinski definition) is 2. The molecule has 1 aromatic carbocycles. The van der Waals surface area contributed by atoms with Crippen LogP contribution < -0.4 is 5.32 Å². The van der Waals surface area contributed by atoms with Gasteiger partial charge in [-0.15, -0.1) is 0 Å². The van der Waals surface area contributed by atoms with Gasteiger partial charge in [-0.05, 0) is 50.7 Å². The topological polar surface area (TPSA) is 15.3 Å².